The second-order valence-electron chi connectivity index (χ2n) is 4.22. The smallest absolute Gasteiger partial charge is 0.319 e. The molecule has 1 heterocycles. The topological polar surface area (TPSA) is 53.2 Å². The molecule has 98 valence electrons. The van der Waals surface area contributed by atoms with E-state index in [9.17, 15) is 13.6 Å². The Morgan fingerprint density at radius 3 is 2.44 bits per heavy atom. The summed E-state index contributed by atoms with van der Waals surface area (Å²) in [5, 5.41) is 8.07. The average molecular weight is 255 g/mol. The molecule has 0 bridgehead atoms. The Hall–Kier alpha value is -1.69. The van der Waals surface area contributed by atoms with Gasteiger partial charge in [0.25, 0.3) is 0 Å². The van der Waals surface area contributed by atoms with Crippen LogP contribution in [0, 0.1) is 11.6 Å². The molecule has 6 heteroatoms. The van der Waals surface area contributed by atoms with E-state index < -0.39 is 23.4 Å². The number of hydrogen-bond acceptors (Lipinski definition) is 2. The molecule has 2 rings (SSSR count). The minimum Gasteiger partial charge on any atom is -0.335 e. The van der Waals surface area contributed by atoms with Crippen LogP contribution < -0.4 is 16.0 Å². The average Bonchev–Trinajstić information content (AvgIpc) is 2.35. The SMILES string of the molecule is O=C(Nc1c(F)cccc1F)NC1CCNCC1. The number of para-hydroxylation sites is 1. The highest BCUT2D eigenvalue weighted by atomic mass is 19.1. The van der Waals surface area contributed by atoms with Gasteiger partial charge in [0.15, 0.2) is 0 Å². The number of anilines is 1. The maximum absolute atomic E-state index is 13.3. The Labute approximate surface area is 104 Å². The number of carbonyl (C=O) groups is 1. The third kappa shape index (κ3) is 3.16. The predicted molar refractivity (Wildman–Crippen MR) is 64.4 cm³/mol. The van der Waals surface area contributed by atoms with Crippen LogP contribution in [0.25, 0.3) is 0 Å². The van der Waals surface area contributed by atoms with Crippen molar-refractivity contribution in [2.24, 2.45) is 0 Å². The van der Waals surface area contributed by atoms with Gasteiger partial charge in [0.1, 0.15) is 17.3 Å². The molecule has 1 saturated heterocycles. The van der Waals surface area contributed by atoms with Crippen molar-refractivity contribution in [3.8, 4) is 0 Å². The standard InChI is InChI=1S/C12H15F2N3O/c13-9-2-1-3-10(14)11(9)17-12(18)16-8-4-6-15-7-5-8/h1-3,8,15H,4-7H2,(H2,16,17,18). The molecule has 2 amide bonds. The predicted octanol–water partition coefficient (Wildman–Crippen LogP) is 1.84. The van der Waals surface area contributed by atoms with Crippen LogP contribution in [-0.4, -0.2) is 25.2 Å². The highest BCUT2D eigenvalue weighted by Crippen LogP contribution is 2.17. The van der Waals surface area contributed by atoms with Crippen molar-refractivity contribution in [3.63, 3.8) is 0 Å². The highest BCUT2D eigenvalue weighted by Gasteiger charge is 2.17. The van der Waals surface area contributed by atoms with Crippen LogP contribution in [0.3, 0.4) is 0 Å². The highest BCUT2D eigenvalue weighted by molar-refractivity contribution is 5.89. The van der Waals surface area contributed by atoms with E-state index in [0.717, 1.165) is 38.1 Å². The van der Waals surface area contributed by atoms with Crippen molar-refractivity contribution in [1.29, 1.82) is 0 Å². The Morgan fingerprint density at radius 2 is 1.83 bits per heavy atom. The fourth-order valence-electron chi connectivity index (χ4n) is 1.92. The summed E-state index contributed by atoms with van der Waals surface area (Å²) >= 11 is 0. The van der Waals surface area contributed by atoms with E-state index >= 15 is 0 Å². The molecule has 18 heavy (non-hydrogen) atoms. The molecule has 1 aliphatic heterocycles. The minimum atomic E-state index is -0.782. The van der Waals surface area contributed by atoms with E-state index in [-0.39, 0.29) is 6.04 Å². The zero-order chi connectivity index (χ0) is 13.0. The molecule has 3 N–H and O–H groups in total. The molecular weight excluding hydrogens is 240 g/mol. The summed E-state index contributed by atoms with van der Waals surface area (Å²) in [6.07, 6.45) is 1.63. The largest absolute Gasteiger partial charge is 0.335 e. The van der Waals surface area contributed by atoms with Crippen molar-refractivity contribution in [2.75, 3.05) is 18.4 Å². The zero-order valence-electron chi connectivity index (χ0n) is 9.80. The van der Waals surface area contributed by atoms with Crippen LogP contribution in [0.2, 0.25) is 0 Å². The number of rotatable bonds is 2. The van der Waals surface area contributed by atoms with E-state index in [1.807, 2.05) is 0 Å². The van der Waals surface area contributed by atoms with Gasteiger partial charge in [-0.2, -0.15) is 0 Å². The molecule has 1 fully saturated rings. The lowest BCUT2D eigenvalue weighted by atomic mass is 10.1. The monoisotopic (exact) mass is 255 g/mol. The van der Waals surface area contributed by atoms with Crippen LogP contribution in [0.5, 0.6) is 0 Å². The second kappa shape index (κ2) is 5.77. The second-order valence-corrected chi connectivity index (χ2v) is 4.22. The molecule has 0 spiro atoms. The summed E-state index contributed by atoms with van der Waals surface area (Å²) in [7, 11) is 0. The first-order chi connectivity index (χ1) is 8.66. The molecule has 0 aromatic heterocycles. The van der Waals surface area contributed by atoms with Gasteiger partial charge in [-0.05, 0) is 38.1 Å². The third-order valence-corrected chi connectivity index (χ3v) is 2.88. The van der Waals surface area contributed by atoms with Crippen LogP contribution in [0.15, 0.2) is 18.2 Å². The van der Waals surface area contributed by atoms with Gasteiger partial charge < -0.3 is 16.0 Å². The van der Waals surface area contributed by atoms with Crippen molar-refractivity contribution < 1.29 is 13.6 Å². The van der Waals surface area contributed by atoms with Crippen LogP contribution in [0.4, 0.5) is 19.3 Å². The molecule has 0 saturated carbocycles. The molecule has 0 radical (unpaired) electrons. The number of piperidine rings is 1. The molecule has 1 aromatic carbocycles. The van der Waals surface area contributed by atoms with Crippen molar-refractivity contribution >= 4 is 11.7 Å². The van der Waals surface area contributed by atoms with Gasteiger partial charge in [0, 0.05) is 6.04 Å². The first-order valence-electron chi connectivity index (χ1n) is 5.89. The number of hydrogen-bond donors (Lipinski definition) is 3. The maximum Gasteiger partial charge on any atom is 0.319 e. The van der Waals surface area contributed by atoms with E-state index in [4.69, 9.17) is 0 Å². The van der Waals surface area contributed by atoms with E-state index in [1.165, 1.54) is 6.07 Å². The van der Waals surface area contributed by atoms with Crippen molar-refractivity contribution in [2.45, 2.75) is 18.9 Å². The lowest BCUT2D eigenvalue weighted by Gasteiger charge is -2.23. The van der Waals surface area contributed by atoms with Gasteiger partial charge in [0.05, 0.1) is 0 Å². The summed E-state index contributed by atoms with van der Waals surface area (Å²) < 4.78 is 26.6. The van der Waals surface area contributed by atoms with Crippen molar-refractivity contribution in [3.05, 3.63) is 29.8 Å². The number of nitrogens with one attached hydrogen (secondary N) is 3. The summed E-state index contributed by atoms with van der Waals surface area (Å²) in [5.41, 5.74) is -0.413. The molecule has 0 atom stereocenters. The van der Waals surface area contributed by atoms with Gasteiger partial charge in [-0.1, -0.05) is 6.07 Å². The quantitative estimate of drug-likeness (QED) is 0.755. The van der Waals surface area contributed by atoms with Gasteiger partial charge in [0.2, 0.25) is 0 Å². The Kier molecular flexibility index (Phi) is 4.09. The fraction of sp³-hybridized carbons (Fsp3) is 0.417. The summed E-state index contributed by atoms with van der Waals surface area (Å²) in [6, 6.07) is 2.92. The molecule has 0 aliphatic carbocycles. The Balaban J connectivity index is 1.94. The lowest BCUT2D eigenvalue weighted by molar-refractivity contribution is 0.245. The summed E-state index contributed by atoms with van der Waals surface area (Å²) in [6.45, 7) is 1.66. The van der Waals surface area contributed by atoms with Gasteiger partial charge >= 0.3 is 6.03 Å². The molecular formula is C12H15F2N3O. The first kappa shape index (κ1) is 12.8. The molecule has 4 nitrogen and oxygen atoms in total. The molecule has 1 aromatic rings. The summed E-state index contributed by atoms with van der Waals surface area (Å²) in [4.78, 5) is 11.6. The van der Waals surface area contributed by atoms with E-state index in [1.54, 1.807) is 0 Å². The number of carbonyl (C=O) groups excluding carboxylic acids is 1. The van der Waals surface area contributed by atoms with Crippen LogP contribution in [0.1, 0.15) is 12.8 Å². The maximum atomic E-state index is 13.3. The molecule has 1 aliphatic rings. The van der Waals surface area contributed by atoms with Gasteiger partial charge in [-0.15, -0.1) is 0 Å². The number of benzene rings is 1. The molecule has 0 unspecified atom stereocenters. The lowest BCUT2D eigenvalue weighted by Crippen LogP contribution is -2.44. The first-order valence-corrected chi connectivity index (χ1v) is 5.89. The number of amides is 2. The summed E-state index contributed by atoms with van der Waals surface area (Å²) in [5.74, 6) is -1.56. The minimum absolute atomic E-state index is 0.0427. The normalized spacial score (nSPS) is 16.3. The fourth-order valence-corrected chi connectivity index (χ4v) is 1.92. The third-order valence-electron chi connectivity index (χ3n) is 2.88. The van der Waals surface area contributed by atoms with E-state index in [2.05, 4.69) is 16.0 Å². The van der Waals surface area contributed by atoms with Crippen molar-refractivity contribution in [1.82, 2.24) is 10.6 Å². The van der Waals surface area contributed by atoms with Crippen LogP contribution >= 0.6 is 0 Å². The Bertz CT molecular complexity index is 413. The number of halogens is 2. The Morgan fingerprint density at radius 1 is 1.22 bits per heavy atom. The number of urea groups is 1. The van der Waals surface area contributed by atoms with E-state index in [0.29, 0.717) is 0 Å². The van der Waals surface area contributed by atoms with Crippen LogP contribution in [-0.2, 0) is 0 Å². The van der Waals surface area contributed by atoms with Gasteiger partial charge in [-0.3, -0.25) is 0 Å². The zero-order valence-corrected chi connectivity index (χ0v) is 9.80. The van der Waals surface area contributed by atoms with Gasteiger partial charge in [-0.25, -0.2) is 13.6 Å².